The molecule has 0 atom stereocenters. The summed E-state index contributed by atoms with van der Waals surface area (Å²) in [5.41, 5.74) is 3.50. The fourth-order valence-corrected chi connectivity index (χ4v) is 2.42. The summed E-state index contributed by atoms with van der Waals surface area (Å²) in [6.07, 6.45) is 1.70. The number of nitrogens with zero attached hydrogens (tertiary/aromatic N) is 2. The number of benzene rings is 2. The van der Waals surface area contributed by atoms with Crippen molar-refractivity contribution in [2.45, 2.75) is 6.92 Å². The van der Waals surface area contributed by atoms with Gasteiger partial charge in [-0.1, -0.05) is 30.3 Å². The van der Waals surface area contributed by atoms with Gasteiger partial charge >= 0.3 is 0 Å². The molecule has 0 fully saturated rings. The normalized spacial score (nSPS) is 10.7. The predicted molar refractivity (Wildman–Crippen MR) is 78.6 cm³/mol. The van der Waals surface area contributed by atoms with E-state index in [9.17, 15) is 10.1 Å². The van der Waals surface area contributed by atoms with Crippen LogP contribution in [-0.4, -0.2) is 9.91 Å². The maximum atomic E-state index is 11.0. The van der Waals surface area contributed by atoms with Crippen molar-refractivity contribution < 1.29 is 4.92 Å². The third-order valence-corrected chi connectivity index (χ3v) is 3.42. The lowest BCUT2D eigenvalue weighted by molar-refractivity contribution is -0.385. The molecule has 0 saturated heterocycles. The van der Waals surface area contributed by atoms with E-state index in [-0.39, 0.29) is 10.6 Å². The van der Waals surface area contributed by atoms with Crippen molar-refractivity contribution in [2.75, 3.05) is 0 Å². The van der Waals surface area contributed by atoms with Gasteiger partial charge in [0.1, 0.15) is 0 Å². The van der Waals surface area contributed by atoms with Crippen molar-refractivity contribution in [3.05, 3.63) is 70.4 Å². The van der Waals surface area contributed by atoms with E-state index in [0.29, 0.717) is 11.1 Å². The molecule has 3 aromatic rings. The number of pyridine rings is 1. The first kappa shape index (κ1) is 12.3. The molecule has 3 rings (SSSR count). The number of aromatic nitrogens is 1. The van der Waals surface area contributed by atoms with E-state index in [1.54, 1.807) is 25.3 Å². The summed E-state index contributed by atoms with van der Waals surface area (Å²) in [7, 11) is 0. The molecule has 0 bridgehead atoms. The van der Waals surface area contributed by atoms with Gasteiger partial charge in [0.2, 0.25) is 0 Å². The van der Waals surface area contributed by atoms with Crippen molar-refractivity contribution in [3.63, 3.8) is 0 Å². The molecule has 0 unspecified atom stereocenters. The van der Waals surface area contributed by atoms with Crippen molar-refractivity contribution in [1.29, 1.82) is 0 Å². The Morgan fingerprint density at radius 1 is 1.05 bits per heavy atom. The maximum absolute atomic E-state index is 11.0. The first-order valence-corrected chi connectivity index (χ1v) is 6.26. The lowest BCUT2D eigenvalue weighted by Gasteiger charge is -2.08. The van der Waals surface area contributed by atoms with Crippen LogP contribution in [0.15, 0.2) is 54.7 Å². The molecule has 0 aliphatic carbocycles. The molecule has 0 N–H and O–H groups in total. The Hall–Kier alpha value is -2.75. The molecule has 0 aliphatic heterocycles. The molecule has 0 saturated carbocycles. The monoisotopic (exact) mass is 264 g/mol. The van der Waals surface area contributed by atoms with Gasteiger partial charge in [0, 0.05) is 17.6 Å². The van der Waals surface area contributed by atoms with E-state index in [2.05, 4.69) is 4.98 Å². The highest BCUT2D eigenvalue weighted by Crippen LogP contribution is 2.32. The van der Waals surface area contributed by atoms with E-state index in [1.165, 1.54) is 0 Å². The third-order valence-electron chi connectivity index (χ3n) is 3.42. The molecule has 98 valence electrons. The zero-order valence-corrected chi connectivity index (χ0v) is 10.9. The average Bonchev–Trinajstić information content (AvgIpc) is 2.48. The fraction of sp³-hybridized carbons (Fsp3) is 0.0625. The van der Waals surface area contributed by atoms with Gasteiger partial charge in [0.25, 0.3) is 5.69 Å². The number of nitro groups is 1. The molecular weight excluding hydrogens is 252 g/mol. The summed E-state index contributed by atoms with van der Waals surface area (Å²) in [5, 5.41) is 11.9. The van der Waals surface area contributed by atoms with E-state index in [4.69, 9.17) is 0 Å². The molecule has 0 aliphatic rings. The minimum Gasteiger partial charge on any atom is -0.258 e. The smallest absolute Gasteiger partial charge is 0.258 e. The third kappa shape index (κ3) is 1.91. The molecule has 4 heteroatoms. The lowest BCUT2D eigenvalue weighted by Crippen LogP contribution is -1.94. The van der Waals surface area contributed by atoms with Gasteiger partial charge in [-0.25, -0.2) is 0 Å². The van der Waals surface area contributed by atoms with Crippen molar-refractivity contribution >= 4 is 16.6 Å². The number of hydrogen-bond acceptors (Lipinski definition) is 3. The van der Waals surface area contributed by atoms with E-state index < -0.39 is 0 Å². The maximum Gasteiger partial charge on any atom is 0.274 e. The highest BCUT2D eigenvalue weighted by Gasteiger charge is 2.15. The minimum atomic E-state index is -0.369. The van der Waals surface area contributed by atoms with Crippen LogP contribution in [0.2, 0.25) is 0 Å². The first-order chi connectivity index (χ1) is 9.68. The average molecular weight is 264 g/mol. The number of nitro benzene ring substituents is 1. The molecular formula is C16H12N2O2. The van der Waals surface area contributed by atoms with Crippen molar-refractivity contribution in [2.24, 2.45) is 0 Å². The van der Waals surface area contributed by atoms with Crippen LogP contribution in [0, 0.1) is 17.0 Å². The van der Waals surface area contributed by atoms with Crippen LogP contribution in [0.4, 0.5) is 5.69 Å². The molecule has 1 aromatic heterocycles. The number of hydrogen-bond donors (Lipinski definition) is 0. The van der Waals surface area contributed by atoms with Crippen LogP contribution in [0.1, 0.15) is 5.56 Å². The van der Waals surface area contributed by atoms with Gasteiger partial charge in [-0.05, 0) is 30.2 Å². The Morgan fingerprint density at radius 2 is 1.80 bits per heavy atom. The molecule has 20 heavy (non-hydrogen) atoms. The zero-order chi connectivity index (χ0) is 14.1. The minimum absolute atomic E-state index is 0.107. The van der Waals surface area contributed by atoms with Gasteiger partial charge in [-0.15, -0.1) is 0 Å². The standard InChI is InChI=1S/C16H12N2O2/c1-11-15(18(19)20)8-7-14-13(9-10-17-16(11)14)12-5-3-2-4-6-12/h2-10H,1H3. The van der Waals surface area contributed by atoms with Gasteiger partial charge in [-0.3, -0.25) is 15.1 Å². The van der Waals surface area contributed by atoms with Gasteiger partial charge < -0.3 is 0 Å². The number of rotatable bonds is 2. The molecule has 2 aromatic carbocycles. The molecule has 0 amide bonds. The summed E-state index contributed by atoms with van der Waals surface area (Å²) in [5.74, 6) is 0. The van der Waals surface area contributed by atoms with Crippen LogP contribution in [-0.2, 0) is 0 Å². The van der Waals surface area contributed by atoms with E-state index in [1.807, 2.05) is 36.4 Å². The Labute approximate surface area is 115 Å². The first-order valence-electron chi connectivity index (χ1n) is 6.26. The highest BCUT2D eigenvalue weighted by molar-refractivity contribution is 5.97. The largest absolute Gasteiger partial charge is 0.274 e. The Bertz CT molecular complexity index is 798. The van der Waals surface area contributed by atoms with Crippen molar-refractivity contribution in [3.8, 4) is 11.1 Å². The van der Waals surface area contributed by atoms with Crippen LogP contribution in [0.5, 0.6) is 0 Å². The second-order valence-electron chi connectivity index (χ2n) is 4.59. The molecule has 1 heterocycles. The number of aryl methyl sites for hydroxylation is 1. The zero-order valence-electron chi connectivity index (χ0n) is 10.9. The second kappa shape index (κ2) is 4.74. The highest BCUT2D eigenvalue weighted by atomic mass is 16.6. The van der Waals surface area contributed by atoms with Gasteiger partial charge in [0.15, 0.2) is 0 Å². The lowest BCUT2D eigenvalue weighted by atomic mass is 9.99. The fourth-order valence-electron chi connectivity index (χ4n) is 2.42. The second-order valence-corrected chi connectivity index (χ2v) is 4.59. The van der Waals surface area contributed by atoms with Crippen LogP contribution in [0.25, 0.3) is 22.0 Å². The molecule has 0 radical (unpaired) electrons. The van der Waals surface area contributed by atoms with Crippen LogP contribution >= 0.6 is 0 Å². The van der Waals surface area contributed by atoms with Gasteiger partial charge in [-0.2, -0.15) is 0 Å². The van der Waals surface area contributed by atoms with Crippen LogP contribution < -0.4 is 0 Å². The summed E-state index contributed by atoms with van der Waals surface area (Å²) >= 11 is 0. The summed E-state index contributed by atoms with van der Waals surface area (Å²) < 4.78 is 0. The predicted octanol–water partition coefficient (Wildman–Crippen LogP) is 4.12. The van der Waals surface area contributed by atoms with E-state index >= 15 is 0 Å². The van der Waals surface area contributed by atoms with Gasteiger partial charge in [0.05, 0.1) is 16.0 Å². The Morgan fingerprint density at radius 3 is 2.50 bits per heavy atom. The summed E-state index contributed by atoms with van der Waals surface area (Å²) in [4.78, 5) is 14.9. The van der Waals surface area contributed by atoms with Crippen LogP contribution in [0.3, 0.4) is 0 Å². The molecule has 0 spiro atoms. The Kier molecular flexibility index (Phi) is 2.91. The SMILES string of the molecule is Cc1c([N+](=O)[O-])ccc2c(-c3ccccc3)ccnc12. The Balaban J connectivity index is 2.32. The number of fused-ring (bicyclic) bond motifs is 1. The summed E-state index contributed by atoms with van der Waals surface area (Å²) in [6, 6.07) is 15.2. The summed E-state index contributed by atoms with van der Waals surface area (Å²) in [6.45, 7) is 1.74. The topological polar surface area (TPSA) is 56.0 Å². The van der Waals surface area contributed by atoms with E-state index in [0.717, 1.165) is 16.5 Å². The quantitative estimate of drug-likeness (QED) is 0.516. The molecule has 4 nitrogen and oxygen atoms in total. The van der Waals surface area contributed by atoms with Crippen molar-refractivity contribution in [1.82, 2.24) is 4.98 Å².